The largest absolute Gasteiger partial charge is 0.130 e. The molecule has 1 heteroatoms. The lowest BCUT2D eigenvalue weighted by atomic mass is 9.73. The van der Waals surface area contributed by atoms with Crippen LogP contribution < -0.4 is 0 Å². The van der Waals surface area contributed by atoms with Crippen LogP contribution >= 0.6 is 11.8 Å². The second kappa shape index (κ2) is 3.44. The Kier molecular flexibility index (Phi) is 2.55. The Morgan fingerprint density at radius 3 is 2.86 bits per heavy atom. The minimum atomic E-state index is 0.525. The molecule has 0 aromatic heterocycles. The number of hydrogen-bond acceptors (Lipinski definition) is 1. The van der Waals surface area contributed by atoms with Crippen LogP contribution in [0.3, 0.4) is 0 Å². The van der Waals surface area contributed by atoms with E-state index in [2.05, 4.69) is 39.1 Å². The van der Waals surface area contributed by atoms with Crippen LogP contribution in [0.5, 0.6) is 0 Å². The van der Waals surface area contributed by atoms with E-state index in [-0.39, 0.29) is 0 Å². The molecule has 1 aliphatic carbocycles. The van der Waals surface area contributed by atoms with Gasteiger partial charge in [0.05, 0.1) is 0 Å². The Morgan fingerprint density at radius 1 is 1.50 bits per heavy atom. The molecule has 2 rings (SSSR count). The molecule has 1 unspecified atom stereocenters. The van der Waals surface area contributed by atoms with E-state index in [9.17, 15) is 0 Å². The zero-order chi connectivity index (χ0) is 10.3. The first-order valence-electron chi connectivity index (χ1n) is 5.50. The van der Waals surface area contributed by atoms with E-state index in [0.29, 0.717) is 11.3 Å². The molecular formula is C13H20S. The van der Waals surface area contributed by atoms with Gasteiger partial charge in [-0.3, -0.25) is 0 Å². The lowest BCUT2D eigenvalue weighted by Crippen LogP contribution is -2.19. The van der Waals surface area contributed by atoms with Crippen molar-refractivity contribution in [1.82, 2.24) is 0 Å². The van der Waals surface area contributed by atoms with Crippen LogP contribution in [0.15, 0.2) is 22.6 Å². The fourth-order valence-electron chi connectivity index (χ4n) is 2.52. The lowest BCUT2D eigenvalue weighted by Gasteiger charge is -2.32. The van der Waals surface area contributed by atoms with Gasteiger partial charge in [-0.25, -0.2) is 0 Å². The fraction of sp³-hybridized carbons (Fsp3) is 0.692. The van der Waals surface area contributed by atoms with Gasteiger partial charge in [-0.1, -0.05) is 31.6 Å². The minimum Gasteiger partial charge on any atom is -0.130 e. The van der Waals surface area contributed by atoms with Gasteiger partial charge in [0.2, 0.25) is 0 Å². The Morgan fingerprint density at radius 2 is 2.21 bits per heavy atom. The fourth-order valence-corrected chi connectivity index (χ4v) is 4.02. The predicted octanol–water partition coefficient (Wildman–Crippen LogP) is 4.39. The van der Waals surface area contributed by atoms with Crippen LogP contribution in [0.4, 0.5) is 0 Å². The molecule has 0 saturated heterocycles. The highest BCUT2D eigenvalue weighted by Gasteiger charge is 2.35. The molecule has 1 heterocycles. The van der Waals surface area contributed by atoms with Gasteiger partial charge in [0.15, 0.2) is 0 Å². The smallest absolute Gasteiger partial charge is 0.0107 e. The van der Waals surface area contributed by atoms with E-state index in [1.807, 2.05) is 0 Å². The van der Waals surface area contributed by atoms with Crippen molar-refractivity contribution in [2.24, 2.45) is 11.3 Å². The Balaban J connectivity index is 2.24. The van der Waals surface area contributed by atoms with Crippen LogP contribution in [0.25, 0.3) is 0 Å². The normalized spacial score (nSPS) is 30.4. The van der Waals surface area contributed by atoms with Gasteiger partial charge >= 0.3 is 0 Å². The summed E-state index contributed by atoms with van der Waals surface area (Å²) in [6, 6.07) is 0. The van der Waals surface area contributed by atoms with Gasteiger partial charge in [0.1, 0.15) is 0 Å². The SMILES string of the molecule is C=C(C)C1CSC2=C1CC(C)(C)CC2. The molecule has 2 aliphatic rings. The standard InChI is InChI=1S/C13H20S/c1-9(2)11-8-14-12-5-6-13(3,4)7-10(11)12/h11H,1,5-8H2,2-4H3. The van der Waals surface area contributed by atoms with Gasteiger partial charge in [0, 0.05) is 11.7 Å². The molecule has 0 nitrogen and oxygen atoms in total. The zero-order valence-corrected chi connectivity index (χ0v) is 10.3. The van der Waals surface area contributed by atoms with Gasteiger partial charge in [0.25, 0.3) is 0 Å². The monoisotopic (exact) mass is 208 g/mol. The average Bonchev–Trinajstić information content (AvgIpc) is 2.44. The average molecular weight is 208 g/mol. The van der Waals surface area contributed by atoms with Crippen molar-refractivity contribution in [3.8, 4) is 0 Å². The molecule has 0 amide bonds. The Labute approximate surface area is 91.9 Å². The molecule has 0 aromatic rings. The summed E-state index contributed by atoms with van der Waals surface area (Å²) < 4.78 is 0. The predicted molar refractivity (Wildman–Crippen MR) is 65.4 cm³/mol. The highest BCUT2D eigenvalue weighted by atomic mass is 32.2. The van der Waals surface area contributed by atoms with Gasteiger partial charge in [-0.05, 0) is 36.5 Å². The van der Waals surface area contributed by atoms with Crippen molar-refractivity contribution in [3.05, 3.63) is 22.6 Å². The molecule has 14 heavy (non-hydrogen) atoms. The maximum Gasteiger partial charge on any atom is 0.0107 e. The third-order valence-corrected chi connectivity index (χ3v) is 4.81. The molecule has 1 aliphatic heterocycles. The summed E-state index contributed by atoms with van der Waals surface area (Å²) in [5.74, 6) is 1.95. The van der Waals surface area contributed by atoms with Crippen molar-refractivity contribution in [2.75, 3.05) is 5.75 Å². The van der Waals surface area contributed by atoms with E-state index >= 15 is 0 Å². The molecule has 1 atom stereocenters. The quantitative estimate of drug-likeness (QED) is 0.576. The van der Waals surface area contributed by atoms with E-state index in [4.69, 9.17) is 0 Å². The second-order valence-corrected chi connectivity index (χ2v) is 6.61. The van der Waals surface area contributed by atoms with Crippen molar-refractivity contribution in [3.63, 3.8) is 0 Å². The molecular weight excluding hydrogens is 188 g/mol. The van der Waals surface area contributed by atoms with Gasteiger partial charge in [-0.15, -0.1) is 11.8 Å². The Bertz CT molecular complexity index is 296. The van der Waals surface area contributed by atoms with Crippen molar-refractivity contribution in [1.29, 1.82) is 0 Å². The molecule has 0 N–H and O–H groups in total. The van der Waals surface area contributed by atoms with Crippen molar-refractivity contribution < 1.29 is 0 Å². The van der Waals surface area contributed by atoms with Gasteiger partial charge < -0.3 is 0 Å². The first-order valence-corrected chi connectivity index (χ1v) is 6.48. The van der Waals surface area contributed by atoms with Gasteiger partial charge in [-0.2, -0.15) is 0 Å². The summed E-state index contributed by atoms with van der Waals surface area (Å²) in [5.41, 5.74) is 3.61. The molecule has 0 aromatic carbocycles. The van der Waals surface area contributed by atoms with Crippen molar-refractivity contribution in [2.45, 2.75) is 40.0 Å². The summed E-state index contributed by atoms with van der Waals surface area (Å²) in [7, 11) is 0. The molecule has 0 radical (unpaired) electrons. The maximum absolute atomic E-state index is 4.13. The summed E-state index contributed by atoms with van der Waals surface area (Å²) in [5, 5.41) is 0. The van der Waals surface area contributed by atoms with E-state index in [1.54, 1.807) is 10.5 Å². The molecule has 0 saturated carbocycles. The zero-order valence-electron chi connectivity index (χ0n) is 9.52. The summed E-state index contributed by atoms with van der Waals surface area (Å²) >= 11 is 2.08. The van der Waals surface area contributed by atoms with Crippen LogP contribution in [-0.2, 0) is 0 Å². The van der Waals surface area contributed by atoms with Crippen molar-refractivity contribution >= 4 is 11.8 Å². The number of hydrogen-bond donors (Lipinski definition) is 0. The number of rotatable bonds is 1. The van der Waals surface area contributed by atoms with Crippen LogP contribution in [0, 0.1) is 11.3 Å². The van der Waals surface area contributed by atoms with E-state index in [1.165, 1.54) is 30.6 Å². The lowest BCUT2D eigenvalue weighted by molar-refractivity contribution is 0.311. The Hall–Kier alpha value is -0.170. The highest BCUT2D eigenvalue weighted by molar-refractivity contribution is 8.03. The summed E-state index contributed by atoms with van der Waals surface area (Å²) in [6.45, 7) is 11.1. The highest BCUT2D eigenvalue weighted by Crippen LogP contribution is 2.51. The second-order valence-electron chi connectivity index (χ2n) is 5.50. The van der Waals surface area contributed by atoms with Crippen LogP contribution in [0.2, 0.25) is 0 Å². The molecule has 0 bridgehead atoms. The van der Waals surface area contributed by atoms with Crippen LogP contribution in [0.1, 0.15) is 40.0 Å². The summed E-state index contributed by atoms with van der Waals surface area (Å²) in [4.78, 5) is 1.69. The maximum atomic E-state index is 4.13. The third kappa shape index (κ3) is 1.79. The third-order valence-electron chi connectivity index (χ3n) is 3.50. The number of thioether (sulfide) groups is 1. The van der Waals surface area contributed by atoms with E-state index in [0.717, 1.165) is 0 Å². The first-order chi connectivity index (χ1) is 6.49. The topological polar surface area (TPSA) is 0 Å². The first kappa shape index (κ1) is 10.4. The molecule has 78 valence electrons. The minimum absolute atomic E-state index is 0.525. The van der Waals surface area contributed by atoms with E-state index < -0.39 is 0 Å². The molecule has 0 fully saturated rings. The molecule has 0 spiro atoms. The summed E-state index contributed by atoms with van der Waals surface area (Å²) in [6.07, 6.45) is 3.98. The van der Waals surface area contributed by atoms with Crippen LogP contribution in [-0.4, -0.2) is 5.75 Å². The number of allylic oxidation sites excluding steroid dienone is 3.